The Morgan fingerprint density at radius 1 is 1.30 bits per heavy atom. The van der Waals surface area contributed by atoms with Crippen molar-refractivity contribution in [1.29, 1.82) is 0 Å². The molecule has 1 atom stereocenters. The molecule has 108 valence electrons. The zero-order valence-corrected chi connectivity index (χ0v) is 12.4. The van der Waals surface area contributed by atoms with E-state index in [1.807, 2.05) is 23.7 Å². The molecule has 2 rings (SSSR count). The number of hydrogen-bond donors (Lipinski definition) is 1. The van der Waals surface area contributed by atoms with Gasteiger partial charge < -0.3 is 5.32 Å². The molecule has 0 aliphatic heterocycles. The summed E-state index contributed by atoms with van der Waals surface area (Å²) in [6.07, 6.45) is 0.631. The standard InChI is InChI=1S/C16H22FN3/c1-4-18-15(11-13-8-6-7-9-14(13)17)16-10-12(3)19-20(16)5-2/h6-10,15,18H,4-5,11H2,1-3H3. The fraction of sp³-hybridized carbons (Fsp3) is 0.438. The molecule has 0 saturated heterocycles. The summed E-state index contributed by atoms with van der Waals surface area (Å²) in [7, 11) is 0. The maximum Gasteiger partial charge on any atom is 0.126 e. The Morgan fingerprint density at radius 2 is 2.05 bits per heavy atom. The summed E-state index contributed by atoms with van der Waals surface area (Å²) in [5.74, 6) is -0.144. The molecule has 0 spiro atoms. The van der Waals surface area contributed by atoms with Crippen molar-refractivity contribution in [1.82, 2.24) is 15.1 Å². The zero-order chi connectivity index (χ0) is 14.5. The minimum absolute atomic E-state index is 0.0815. The van der Waals surface area contributed by atoms with Gasteiger partial charge >= 0.3 is 0 Å². The average molecular weight is 275 g/mol. The Bertz CT molecular complexity index is 563. The Balaban J connectivity index is 2.29. The van der Waals surface area contributed by atoms with Crippen molar-refractivity contribution in [3.63, 3.8) is 0 Å². The lowest BCUT2D eigenvalue weighted by Crippen LogP contribution is -2.26. The maximum atomic E-state index is 13.8. The topological polar surface area (TPSA) is 29.9 Å². The van der Waals surface area contributed by atoms with Crippen LogP contribution in [0.1, 0.15) is 36.8 Å². The van der Waals surface area contributed by atoms with Gasteiger partial charge in [-0.1, -0.05) is 25.1 Å². The maximum absolute atomic E-state index is 13.8. The van der Waals surface area contributed by atoms with E-state index in [1.54, 1.807) is 6.07 Å². The highest BCUT2D eigenvalue weighted by molar-refractivity contribution is 5.22. The molecule has 1 aromatic carbocycles. The molecular formula is C16H22FN3. The van der Waals surface area contributed by atoms with Gasteiger partial charge in [0.05, 0.1) is 17.4 Å². The van der Waals surface area contributed by atoms with E-state index in [9.17, 15) is 4.39 Å². The van der Waals surface area contributed by atoms with E-state index in [1.165, 1.54) is 6.07 Å². The summed E-state index contributed by atoms with van der Waals surface area (Å²) >= 11 is 0. The second-order valence-corrected chi connectivity index (χ2v) is 4.93. The van der Waals surface area contributed by atoms with Crippen LogP contribution >= 0.6 is 0 Å². The molecule has 0 aliphatic carbocycles. The van der Waals surface area contributed by atoms with Crippen LogP contribution in [0, 0.1) is 12.7 Å². The van der Waals surface area contributed by atoms with Crippen molar-refractivity contribution in [3.05, 3.63) is 53.1 Å². The Hall–Kier alpha value is -1.68. The fourth-order valence-corrected chi connectivity index (χ4v) is 2.51. The van der Waals surface area contributed by atoms with E-state index in [0.29, 0.717) is 6.42 Å². The number of rotatable bonds is 6. The van der Waals surface area contributed by atoms with Gasteiger partial charge in [0.1, 0.15) is 5.82 Å². The van der Waals surface area contributed by atoms with Gasteiger partial charge in [0.2, 0.25) is 0 Å². The summed E-state index contributed by atoms with van der Waals surface area (Å²) < 4.78 is 15.8. The summed E-state index contributed by atoms with van der Waals surface area (Å²) in [4.78, 5) is 0. The number of nitrogens with one attached hydrogen (secondary N) is 1. The number of hydrogen-bond acceptors (Lipinski definition) is 2. The van der Waals surface area contributed by atoms with Crippen molar-refractivity contribution in [2.24, 2.45) is 0 Å². The third-order valence-corrected chi connectivity index (χ3v) is 3.42. The van der Waals surface area contributed by atoms with Gasteiger partial charge in [0.25, 0.3) is 0 Å². The first-order chi connectivity index (χ1) is 9.65. The third-order valence-electron chi connectivity index (χ3n) is 3.42. The normalized spacial score (nSPS) is 12.6. The molecule has 0 aliphatic rings. The number of halogens is 1. The summed E-state index contributed by atoms with van der Waals surface area (Å²) in [6, 6.07) is 9.13. The van der Waals surface area contributed by atoms with Crippen LogP contribution in [0.2, 0.25) is 0 Å². The third kappa shape index (κ3) is 3.25. The monoisotopic (exact) mass is 275 g/mol. The molecule has 1 unspecified atom stereocenters. The average Bonchev–Trinajstić information content (AvgIpc) is 2.82. The Morgan fingerprint density at radius 3 is 2.70 bits per heavy atom. The first-order valence-electron chi connectivity index (χ1n) is 7.16. The minimum atomic E-state index is -0.144. The molecule has 0 radical (unpaired) electrons. The van der Waals surface area contributed by atoms with E-state index < -0.39 is 0 Å². The van der Waals surface area contributed by atoms with Crippen molar-refractivity contribution in [3.8, 4) is 0 Å². The van der Waals surface area contributed by atoms with Crippen LogP contribution in [0.15, 0.2) is 30.3 Å². The van der Waals surface area contributed by atoms with Crippen LogP contribution in [0.4, 0.5) is 4.39 Å². The SMILES string of the molecule is CCNC(Cc1ccccc1F)c1cc(C)nn1CC. The van der Waals surface area contributed by atoms with E-state index in [2.05, 4.69) is 30.3 Å². The second kappa shape index (κ2) is 6.66. The molecule has 1 aromatic heterocycles. The van der Waals surface area contributed by atoms with Crippen LogP contribution in [0.5, 0.6) is 0 Å². The predicted molar refractivity (Wildman–Crippen MR) is 79.2 cm³/mol. The molecule has 3 nitrogen and oxygen atoms in total. The number of aryl methyl sites for hydroxylation is 2. The highest BCUT2D eigenvalue weighted by Gasteiger charge is 2.18. The molecule has 1 N–H and O–H groups in total. The summed E-state index contributed by atoms with van der Waals surface area (Å²) in [6.45, 7) is 7.78. The lowest BCUT2D eigenvalue weighted by Gasteiger charge is -2.19. The fourth-order valence-electron chi connectivity index (χ4n) is 2.51. The largest absolute Gasteiger partial charge is 0.309 e. The van der Waals surface area contributed by atoms with Crippen LogP contribution < -0.4 is 5.32 Å². The predicted octanol–water partition coefficient (Wildman–Crippen LogP) is 3.24. The lowest BCUT2D eigenvalue weighted by molar-refractivity contribution is 0.480. The van der Waals surface area contributed by atoms with Crippen LogP contribution in [-0.4, -0.2) is 16.3 Å². The summed E-state index contributed by atoms with van der Waals surface area (Å²) in [5.41, 5.74) is 2.85. The Labute approximate surface area is 119 Å². The van der Waals surface area contributed by atoms with Crippen LogP contribution in [0.3, 0.4) is 0 Å². The molecule has 0 bridgehead atoms. The van der Waals surface area contributed by atoms with E-state index in [0.717, 1.165) is 30.0 Å². The van der Waals surface area contributed by atoms with E-state index in [-0.39, 0.29) is 11.9 Å². The molecule has 4 heteroatoms. The van der Waals surface area contributed by atoms with E-state index >= 15 is 0 Å². The quantitative estimate of drug-likeness (QED) is 0.877. The highest BCUT2D eigenvalue weighted by atomic mass is 19.1. The Kier molecular flexibility index (Phi) is 4.90. The second-order valence-electron chi connectivity index (χ2n) is 4.93. The van der Waals surface area contributed by atoms with Gasteiger partial charge in [0, 0.05) is 6.54 Å². The van der Waals surface area contributed by atoms with Crippen LogP contribution in [0.25, 0.3) is 0 Å². The molecule has 0 saturated carbocycles. The molecule has 2 aromatic rings. The van der Waals surface area contributed by atoms with Crippen molar-refractivity contribution in [2.75, 3.05) is 6.54 Å². The number of likely N-dealkylation sites (N-methyl/N-ethyl adjacent to an activating group) is 1. The molecule has 20 heavy (non-hydrogen) atoms. The lowest BCUT2D eigenvalue weighted by atomic mass is 10.0. The van der Waals surface area contributed by atoms with Gasteiger partial charge in [-0.3, -0.25) is 4.68 Å². The van der Waals surface area contributed by atoms with Gasteiger partial charge in [-0.25, -0.2) is 4.39 Å². The number of benzene rings is 1. The van der Waals surface area contributed by atoms with Gasteiger partial charge in [-0.15, -0.1) is 0 Å². The summed E-state index contributed by atoms with van der Waals surface area (Å²) in [5, 5.41) is 7.91. The van der Waals surface area contributed by atoms with Crippen molar-refractivity contribution < 1.29 is 4.39 Å². The van der Waals surface area contributed by atoms with Gasteiger partial charge in [-0.05, 0) is 44.5 Å². The first kappa shape index (κ1) is 14.7. The smallest absolute Gasteiger partial charge is 0.126 e. The molecule has 0 amide bonds. The minimum Gasteiger partial charge on any atom is -0.309 e. The highest BCUT2D eigenvalue weighted by Crippen LogP contribution is 2.21. The first-order valence-corrected chi connectivity index (χ1v) is 7.16. The van der Waals surface area contributed by atoms with Crippen molar-refractivity contribution >= 4 is 0 Å². The molecular weight excluding hydrogens is 253 g/mol. The van der Waals surface area contributed by atoms with Crippen molar-refractivity contribution in [2.45, 2.75) is 39.8 Å². The van der Waals surface area contributed by atoms with Crippen LogP contribution in [-0.2, 0) is 13.0 Å². The van der Waals surface area contributed by atoms with E-state index in [4.69, 9.17) is 0 Å². The number of aromatic nitrogens is 2. The molecule has 1 heterocycles. The zero-order valence-electron chi connectivity index (χ0n) is 12.4. The molecule has 0 fully saturated rings. The van der Waals surface area contributed by atoms with Gasteiger partial charge in [-0.2, -0.15) is 5.10 Å². The van der Waals surface area contributed by atoms with Gasteiger partial charge in [0.15, 0.2) is 0 Å². The number of nitrogens with zero attached hydrogens (tertiary/aromatic N) is 2.